The number of esters is 1. The van der Waals surface area contributed by atoms with Crippen molar-refractivity contribution in [1.29, 1.82) is 0 Å². The zero-order valence-corrected chi connectivity index (χ0v) is 43.2. The predicted molar refractivity (Wildman–Crippen MR) is 273 cm³/mol. The number of hydrogen-bond acceptors (Lipinski definition) is 12. The molecule has 0 radical (unpaired) electrons. The van der Waals surface area contributed by atoms with Gasteiger partial charge >= 0.3 is 5.97 Å². The van der Waals surface area contributed by atoms with E-state index in [1.54, 1.807) is 12.1 Å². The van der Waals surface area contributed by atoms with Crippen LogP contribution in [0.2, 0.25) is 0 Å². The molecule has 2 aliphatic carbocycles. The number of cyclic esters (lactones) is 1. The zero-order chi connectivity index (χ0) is 49.2. The molecule has 7 atom stereocenters. The molecule has 6 bridgehead atoms. The summed E-state index contributed by atoms with van der Waals surface area (Å²) in [6, 6.07) is 8.93. The second-order valence-corrected chi connectivity index (χ2v) is 23.8. The summed E-state index contributed by atoms with van der Waals surface area (Å²) in [5, 5.41) is 12.3. The summed E-state index contributed by atoms with van der Waals surface area (Å²) in [7, 11) is 1.71. The van der Waals surface area contributed by atoms with Gasteiger partial charge in [0.05, 0.1) is 40.8 Å². The van der Waals surface area contributed by atoms with Crippen LogP contribution in [0.1, 0.15) is 121 Å². The molecule has 0 unspecified atom stereocenters. The van der Waals surface area contributed by atoms with Crippen molar-refractivity contribution < 1.29 is 28.7 Å². The second-order valence-electron chi connectivity index (χ2n) is 22.9. The fourth-order valence-corrected chi connectivity index (χ4v) is 14.0. The van der Waals surface area contributed by atoms with Gasteiger partial charge in [0.15, 0.2) is 0 Å². The van der Waals surface area contributed by atoms with Gasteiger partial charge in [0.1, 0.15) is 18.1 Å². The number of methoxy groups -OCH3 is 1. The average molecular weight is 988 g/mol. The van der Waals surface area contributed by atoms with Crippen LogP contribution in [0.25, 0.3) is 33.4 Å². The molecule has 3 N–H and O–H groups in total. The predicted octanol–water partition coefficient (Wildman–Crippen LogP) is 6.83. The Bertz CT molecular complexity index is 2670. The highest BCUT2D eigenvalue weighted by atomic mass is 32.1. The van der Waals surface area contributed by atoms with Crippen LogP contribution in [0.5, 0.6) is 0 Å². The lowest BCUT2D eigenvalue weighted by atomic mass is 9.78. The Morgan fingerprint density at radius 1 is 1.01 bits per heavy atom. The van der Waals surface area contributed by atoms with Crippen LogP contribution in [-0.4, -0.2) is 130 Å². The molecule has 6 fully saturated rings. The Balaban J connectivity index is 0.913. The zero-order valence-electron chi connectivity index (χ0n) is 42.3. The topological polar surface area (TPSA) is 173 Å². The first kappa shape index (κ1) is 48.5. The number of nitrogens with zero attached hydrogens (tertiary/aromatic N) is 6. The number of aromatic nitrogens is 3. The minimum Gasteiger partial charge on any atom is -0.464 e. The van der Waals surface area contributed by atoms with Gasteiger partial charge in [0.2, 0.25) is 11.8 Å². The Morgan fingerprint density at radius 2 is 1.85 bits per heavy atom. The number of benzene rings is 1. The number of pyridine rings is 1. The third-order valence-electron chi connectivity index (χ3n) is 17.1. The van der Waals surface area contributed by atoms with E-state index in [4.69, 9.17) is 19.4 Å². The summed E-state index contributed by atoms with van der Waals surface area (Å²) < 4.78 is 14.4. The van der Waals surface area contributed by atoms with E-state index in [1.165, 1.54) is 24.2 Å². The summed E-state index contributed by atoms with van der Waals surface area (Å²) >= 11 is 1.50. The summed E-state index contributed by atoms with van der Waals surface area (Å²) in [5.41, 5.74) is 9.68. The number of carbonyl (C=O) groups is 4. The van der Waals surface area contributed by atoms with Crippen molar-refractivity contribution in [1.82, 2.24) is 45.4 Å². The number of aryl methyl sites for hydroxylation is 1. The molecule has 380 valence electrons. The molecule has 5 aliphatic heterocycles. The normalized spacial score (nSPS) is 28.2. The minimum atomic E-state index is -0.923. The third-order valence-corrected chi connectivity index (χ3v) is 18.0. The Labute approximate surface area is 422 Å². The van der Waals surface area contributed by atoms with Gasteiger partial charge in [-0.15, -0.1) is 11.3 Å². The van der Waals surface area contributed by atoms with Gasteiger partial charge in [-0.25, -0.2) is 10.4 Å². The van der Waals surface area contributed by atoms with Crippen LogP contribution in [0.15, 0.2) is 41.9 Å². The number of carbonyl (C=O) groups excluding carboxylic acids is 4. The summed E-state index contributed by atoms with van der Waals surface area (Å²) in [5.74, 6) is 0.293. The van der Waals surface area contributed by atoms with E-state index in [-0.39, 0.29) is 54.2 Å². The van der Waals surface area contributed by atoms with Crippen LogP contribution >= 0.6 is 11.3 Å². The number of likely N-dealkylation sites (tertiary alicyclic amines) is 2. The summed E-state index contributed by atoms with van der Waals surface area (Å²) in [6.07, 6.45) is 13.0. The molecule has 71 heavy (non-hydrogen) atoms. The van der Waals surface area contributed by atoms with Crippen LogP contribution in [0.3, 0.4) is 0 Å². The van der Waals surface area contributed by atoms with Gasteiger partial charge < -0.3 is 24.3 Å². The molecule has 3 aromatic heterocycles. The Kier molecular flexibility index (Phi) is 13.4. The van der Waals surface area contributed by atoms with E-state index in [9.17, 15) is 14.4 Å². The van der Waals surface area contributed by atoms with Crippen molar-refractivity contribution in [2.75, 3.05) is 46.4 Å². The van der Waals surface area contributed by atoms with Gasteiger partial charge in [-0.2, -0.15) is 0 Å². The first-order valence-corrected chi connectivity index (χ1v) is 27.6. The van der Waals surface area contributed by atoms with Crippen molar-refractivity contribution >= 4 is 45.9 Å². The van der Waals surface area contributed by atoms with E-state index >= 15 is 4.79 Å². The van der Waals surface area contributed by atoms with Crippen molar-refractivity contribution in [2.45, 2.75) is 154 Å². The summed E-state index contributed by atoms with van der Waals surface area (Å²) in [6.45, 7) is 12.8. The molecule has 16 heteroatoms. The van der Waals surface area contributed by atoms with Crippen molar-refractivity contribution in [3.05, 3.63) is 58.2 Å². The number of fused-ring (bicyclic) bond motifs is 6. The van der Waals surface area contributed by atoms with Crippen molar-refractivity contribution in [3.8, 4) is 22.5 Å². The standard InChI is InChI=1S/C55H73N9O6S/c1-6-63-43-19-18-36-26-38(43)39(49(63)37-14-9-22-56-45(37)33(2)69-5)28-54(3,4)32-70-53(68)40-15-10-24-64(60-40)51(66)41(27-44-57-42(36)29-71-44)58-50(65)48(35-12-7-8-13-35)61-23-11-20-55(30-61)21-25-62(31-55)52(67)47-46(59-47)34-16-17-34/h9,14,18-19,22,26,29,33-35,40-41,46-48,59-60H,6-8,10-13,15-17,20-21,23-25,27-28,30-32H2,1-5H3,(H,58,65)/t33-,40-,41-,46+,47+,48-,55+/m0/s1. The smallest absolute Gasteiger partial charge is 0.324 e. The van der Waals surface area contributed by atoms with Crippen LogP contribution in [0, 0.1) is 22.7 Å². The van der Waals surface area contributed by atoms with Crippen LogP contribution in [0.4, 0.5) is 0 Å². The Hall–Kier alpha value is -4.74. The second kappa shape index (κ2) is 19.6. The first-order chi connectivity index (χ1) is 34.3. The van der Waals surface area contributed by atoms with Gasteiger partial charge in [-0.05, 0) is 126 Å². The number of hydrazine groups is 1. The lowest BCUT2D eigenvalue weighted by Crippen LogP contribution is -2.63. The number of hydrogen-bond donors (Lipinski definition) is 3. The molecule has 11 rings (SSSR count). The molecule has 8 heterocycles. The quantitative estimate of drug-likeness (QED) is 0.112. The molecule has 2 saturated carbocycles. The fourth-order valence-electron chi connectivity index (χ4n) is 13.1. The lowest BCUT2D eigenvalue weighted by molar-refractivity contribution is -0.155. The fraction of sp³-hybridized carbons (Fsp3) is 0.636. The molecule has 4 saturated heterocycles. The van der Waals surface area contributed by atoms with E-state index < -0.39 is 29.5 Å². The van der Waals surface area contributed by atoms with E-state index in [0.29, 0.717) is 37.8 Å². The highest BCUT2D eigenvalue weighted by Crippen LogP contribution is 2.45. The first-order valence-electron chi connectivity index (χ1n) is 26.7. The number of ether oxygens (including phenoxy) is 2. The number of amides is 3. The molecule has 1 aromatic carbocycles. The van der Waals surface area contributed by atoms with E-state index in [0.717, 1.165) is 127 Å². The molecule has 7 aliphatic rings. The van der Waals surface area contributed by atoms with Gasteiger partial charge in [-0.3, -0.25) is 39.4 Å². The Morgan fingerprint density at radius 3 is 2.63 bits per heavy atom. The maximum absolute atomic E-state index is 15.2. The van der Waals surface area contributed by atoms with Gasteiger partial charge in [0, 0.05) is 96.7 Å². The number of thiazole rings is 1. The van der Waals surface area contributed by atoms with E-state index in [1.807, 2.05) is 19.2 Å². The lowest BCUT2D eigenvalue weighted by Gasteiger charge is -2.45. The SMILES string of the molecule is CCn1c(-c2cccnc2[C@H](C)OC)c2c3cc(ccc31)-c1csc(n1)C[C@H](NC(=O)[C@H](C1CCCC1)N1CCC[C@@]3(CCN(C(=O)[C@@H]4N[C@@H]4C4CC4)C3)C1)C(=O)N1CCC[C@H](N1)C(=O)OCC(C)(C)C2. The summed E-state index contributed by atoms with van der Waals surface area (Å²) in [4.78, 5) is 72.5. The monoisotopic (exact) mass is 988 g/mol. The van der Waals surface area contributed by atoms with Crippen molar-refractivity contribution in [2.24, 2.45) is 22.7 Å². The van der Waals surface area contributed by atoms with Crippen LogP contribution in [-0.2, 0) is 48.0 Å². The molecule has 4 aromatic rings. The molecule has 3 amide bonds. The molecular formula is C55H73N9O6S. The number of rotatable bonds is 10. The van der Waals surface area contributed by atoms with E-state index in [2.05, 4.69) is 80.8 Å². The number of piperidine rings is 1. The molecule has 1 spiro atoms. The number of nitrogens with one attached hydrogen (secondary N) is 3. The maximum atomic E-state index is 15.2. The maximum Gasteiger partial charge on any atom is 0.324 e. The molecule has 15 nitrogen and oxygen atoms in total. The van der Waals surface area contributed by atoms with Crippen molar-refractivity contribution in [3.63, 3.8) is 0 Å². The third kappa shape index (κ3) is 9.68. The highest BCUT2D eigenvalue weighted by Gasteiger charge is 2.54. The minimum absolute atomic E-state index is 0.0263. The highest BCUT2D eigenvalue weighted by molar-refractivity contribution is 7.10. The largest absolute Gasteiger partial charge is 0.464 e. The van der Waals surface area contributed by atoms with Gasteiger partial charge in [-0.1, -0.05) is 32.8 Å². The molecular weight excluding hydrogens is 915 g/mol. The van der Waals surface area contributed by atoms with Crippen LogP contribution < -0.4 is 16.1 Å². The average Bonchev–Trinajstić information content (AvgIpc) is 4.17. The van der Waals surface area contributed by atoms with Gasteiger partial charge in [0.25, 0.3) is 5.91 Å².